The number of hydrogen-bond acceptors (Lipinski definition) is 4. The number of carbonyl (C=O) groups is 2. The number of rotatable bonds is 5. The zero-order valence-electron chi connectivity index (χ0n) is 10.5. The third-order valence-electron chi connectivity index (χ3n) is 2.48. The fourth-order valence-electron chi connectivity index (χ4n) is 1.59. The van der Waals surface area contributed by atoms with E-state index in [0.717, 1.165) is 0 Å². The minimum absolute atomic E-state index is 0.0361. The van der Waals surface area contributed by atoms with Crippen molar-refractivity contribution in [2.24, 2.45) is 0 Å². The van der Waals surface area contributed by atoms with Crippen molar-refractivity contribution in [2.75, 3.05) is 17.2 Å². The van der Waals surface area contributed by atoms with Crippen LogP contribution in [0, 0.1) is 0 Å². The topological polar surface area (TPSA) is 78.4 Å². The second-order valence-corrected chi connectivity index (χ2v) is 5.68. The summed E-state index contributed by atoms with van der Waals surface area (Å²) in [6.07, 6.45) is 0. The zero-order chi connectivity index (χ0) is 15.4. The number of nitrogens with one attached hydrogen (secondary N) is 2. The number of anilines is 2. The lowest BCUT2D eigenvalue weighted by atomic mass is 10.3. The van der Waals surface area contributed by atoms with Crippen LogP contribution >= 0.6 is 34.5 Å². The molecule has 1 amide bonds. The van der Waals surface area contributed by atoms with E-state index in [1.165, 1.54) is 16.7 Å². The van der Waals surface area contributed by atoms with E-state index in [9.17, 15) is 9.59 Å². The highest BCUT2D eigenvalue weighted by Gasteiger charge is 2.13. The Morgan fingerprint density at radius 3 is 2.43 bits per heavy atom. The Morgan fingerprint density at radius 1 is 1.14 bits per heavy atom. The molecule has 1 aromatic carbocycles. The van der Waals surface area contributed by atoms with Crippen LogP contribution in [0.5, 0.6) is 0 Å². The van der Waals surface area contributed by atoms with Crippen molar-refractivity contribution in [3.05, 3.63) is 44.6 Å². The molecular formula is C13H10Cl2N2O3S. The minimum atomic E-state index is -1.08. The average Bonchev–Trinajstić information content (AvgIpc) is 2.83. The van der Waals surface area contributed by atoms with Crippen LogP contribution in [0.4, 0.5) is 11.4 Å². The smallest absolute Gasteiger partial charge is 0.338 e. The first-order valence-electron chi connectivity index (χ1n) is 5.75. The molecule has 1 heterocycles. The summed E-state index contributed by atoms with van der Waals surface area (Å²) in [7, 11) is 0. The van der Waals surface area contributed by atoms with Crippen LogP contribution in [0.15, 0.2) is 29.0 Å². The maximum Gasteiger partial charge on any atom is 0.338 e. The number of halogens is 2. The highest BCUT2D eigenvalue weighted by Crippen LogP contribution is 2.23. The molecule has 0 saturated carbocycles. The van der Waals surface area contributed by atoms with Gasteiger partial charge in [-0.25, -0.2) is 4.79 Å². The van der Waals surface area contributed by atoms with Gasteiger partial charge in [0.05, 0.1) is 17.8 Å². The van der Waals surface area contributed by atoms with Gasteiger partial charge in [-0.15, -0.1) is 11.3 Å². The molecule has 2 aromatic rings. The van der Waals surface area contributed by atoms with Gasteiger partial charge in [0.15, 0.2) is 0 Å². The lowest BCUT2D eigenvalue weighted by molar-refractivity contribution is -0.114. The van der Waals surface area contributed by atoms with Crippen molar-refractivity contribution in [1.29, 1.82) is 0 Å². The molecule has 0 aliphatic carbocycles. The quantitative estimate of drug-likeness (QED) is 0.770. The Morgan fingerprint density at radius 2 is 1.81 bits per heavy atom. The van der Waals surface area contributed by atoms with E-state index in [0.29, 0.717) is 15.7 Å². The molecule has 0 unspecified atom stereocenters. The van der Waals surface area contributed by atoms with Crippen LogP contribution in [-0.4, -0.2) is 23.5 Å². The third-order valence-corrected chi connectivity index (χ3v) is 3.66. The summed E-state index contributed by atoms with van der Waals surface area (Å²) < 4.78 is 0. The van der Waals surface area contributed by atoms with Gasteiger partial charge in [-0.05, 0) is 18.2 Å². The number of carboxylic acids is 1. The molecule has 0 atom stereocenters. The molecule has 5 nitrogen and oxygen atoms in total. The maximum absolute atomic E-state index is 11.8. The van der Waals surface area contributed by atoms with E-state index < -0.39 is 5.97 Å². The highest BCUT2D eigenvalue weighted by atomic mass is 35.5. The van der Waals surface area contributed by atoms with E-state index in [2.05, 4.69) is 10.6 Å². The number of carbonyl (C=O) groups excluding carboxylic acids is 1. The molecule has 0 saturated heterocycles. The Balaban J connectivity index is 1.96. The lowest BCUT2D eigenvalue weighted by Crippen LogP contribution is -2.22. The van der Waals surface area contributed by atoms with Crippen molar-refractivity contribution >= 4 is 57.8 Å². The molecule has 0 fully saturated rings. The van der Waals surface area contributed by atoms with Gasteiger partial charge < -0.3 is 15.7 Å². The maximum atomic E-state index is 11.8. The Bertz CT molecular complexity index is 668. The number of carboxylic acid groups (broad SMARTS) is 1. The van der Waals surface area contributed by atoms with E-state index in [4.69, 9.17) is 28.3 Å². The zero-order valence-corrected chi connectivity index (χ0v) is 12.9. The first-order chi connectivity index (χ1) is 9.95. The third kappa shape index (κ3) is 4.35. The molecule has 21 heavy (non-hydrogen) atoms. The largest absolute Gasteiger partial charge is 0.478 e. The van der Waals surface area contributed by atoms with Crippen LogP contribution in [0.25, 0.3) is 0 Å². The average molecular weight is 345 g/mol. The summed E-state index contributed by atoms with van der Waals surface area (Å²) in [4.78, 5) is 22.7. The molecule has 0 aliphatic rings. The lowest BCUT2D eigenvalue weighted by Gasteiger charge is -2.08. The van der Waals surface area contributed by atoms with Crippen molar-refractivity contribution in [3.63, 3.8) is 0 Å². The molecule has 0 aliphatic heterocycles. The predicted molar refractivity (Wildman–Crippen MR) is 84.9 cm³/mol. The van der Waals surface area contributed by atoms with Crippen LogP contribution < -0.4 is 10.6 Å². The van der Waals surface area contributed by atoms with Gasteiger partial charge in [0.1, 0.15) is 0 Å². The van der Waals surface area contributed by atoms with Crippen LogP contribution in [0.3, 0.4) is 0 Å². The fourth-order valence-corrected chi connectivity index (χ4v) is 2.87. The normalized spacial score (nSPS) is 10.2. The molecule has 0 radical (unpaired) electrons. The summed E-state index contributed by atoms with van der Waals surface area (Å²) in [5.74, 6) is -1.45. The van der Waals surface area contributed by atoms with E-state index >= 15 is 0 Å². The molecule has 3 N–H and O–H groups in total. The van der Waals surface area contributed by atoms with Gasteiger partial charge in [-0.2, -0.15) is 0 Å². The molecular weight excluding hydrogens is 335 g/mol. The van der Waals surface area contributed by atoms with Crippen molar-refractivity contribution in [2.45, 2.75) is 0 Å². The molecule has 2 rings (SSSR count). The monoisotopic (exact) mass is 344 g/mol. The molecule has 110 valence electrons. The number of aromatic carboxylic acids is 1. The molecule has 1 aromatic heterocycles. The van der Waals surface area contributed by atoms with Crippen LogP contribution in [0.1, 0.15) is 10.4 Å². The Hall–Kier alpha value is -1.76. The number of amides is 1. The summed E-state index contributed by atoms with van der Waals surface area (Å²) in [6.45, 7) is -0.0361. The predicted octanol–water partition coefficient (Wildman–Crippen LogP) is 3.80. The molecule has 0 spiro atoms. The van der Waals surface area contributed by atoms with Gasteiger partial charge in [0, 0.05) is 26.5 Å². The Labute approximate surface area is 134 Å². The Kier molecular flexibility index (Phi) is 5.06. The van der Waals surface area contributed by atoms with Gasteiger partial charge in [-0.1, -0.05) is 23.2 Å². The van der Waals surface area contributed by atoms with Gasteiger partial charge in [0.25, 0.3) is 0 Å². The standard InChI is InChI=1S/C13H10Cl2N2O3S/c14-7-1-8(15)3-9(2-7)16-4-12(18)17-11-6-21-5-10(11)13(19)20/h1-3,5-6,16H,4H2,(H,17,18)(H,19,20). The van der Waals surface area contributed by atoms with Crippen LogP contribution in [0.2, 0.25) is 10.0 Å². The van der Waals surface area contributed by atoms with Gasteiger partial charge in [0.2, 0.25) is 5.91 Å². The van der Waals surface area contributed by atoms with E-state index in [1.807, 2.05) is 0 Å². The van der Waals surface area contributed by atoms with Gasteiger partial charge in [-0.3, -0.25) is 4.79 Å². The van der Waals surface area contributed by atoms with E-state index in [1.54, 1.807) is 23.6 Å². The van der Waals surface area contributed by atoms with Crippen molar-refractivity contribution < 1.29 is 14.7 Å². The van der Waals surface area contributed by atoms with Crippen molar-refractivity contribution in [1.82, 2.24) is 0 Å². The second kappa shape index (κ2) is 6.80. The van der Waals surface area contributed by atoms with Gasteiger partial charge >= 0.3 is 5.97 Å². The van der Waals surface area contributed by atoms with Crippen LogP contribution in [-0.2, 0) is 4.79 Å². The summed E-state index contributed by atoms with van der Waals surface area (Å²) in [5.41, 5.74) is 0.953. The second-order valence-electron chi connectivity index (χ2n) is 4.06. The SMILES string of the molecule is O=C(CNc1cc(Cl)cc(Cl)c1)Nc1cscc1C(=O)O. The highest BCUT2D eigenvalue weighted by molar-refractivity contribution is 7.08. The number of hydrogen-bond donors (Lipinski definition) is 3. The first kappa shape index (κ1) is 15.6. The van der Waals surface area contributed by atoms with E-state index in [-0.39, 0.29) is 23.7 Å². The molecule has 0 bridgehead atoms. The minimum Gasteiger partial charge on any atom is -0.478 e. The van der Waals surface area contributed by atoms with Crippen molar-refractivity contribution in [3.8, 4) is 0 Å². The summed E-state index contributed by atoms with van der Waals surface area (Å²) in [5, 5.41) is 18.3. The first-order valence-corrected chi connectivity index (χ1v) is 7.45. The summed E-state index contributed by atoms with van der Waals surface area (Å²) >= 11 is 12.9. The molecule has 8 heteroatoms. The fraction of sp³-hybridized carbons (Fsp3) is 0.0769. The number of benzene rings is 1. The summed E-state index contributed by atoms with van der Waals surface area (Å²) in [6, 6.07) is 4.85. The number of thiophene rings is 1.